The van der Waals surface area contributed by atoms with Crippen LogP contribution in [0.2, 0.25) is 0 Å². The molecule has 0 spiro atoms. The topological polar surface area (TPSA) is 110 Å². The number of H-pyrrole nitrogens is 1. The number of hydrogen-bond donors (Lipinski definition) is 2. The summed E-state index contributed by atoms with van der Waals surface area (Å²) in [5.74, 6) is -0.766. The molecular weight excluding hydrogens is 300 g/mol. The third-order valence-corrected chi connectivity index (χ3v) is 3.26. The predicted octanol–water partition coefficient (Wildman–Crippen LogP) is 1.33. The summed E-state index contributed by atoms with van der Waals surface area (Å²) in [5, 5.41) is 12.0. The van der Waals surface area contributed by atoms with Gasteiger partial charge in [-0.3, -0.25) is 9.89 Å². The zero-order valence-electron chi connectivity index (χ0n) is 12.1. The molecular formula is C15H12N4O4. The SMILES string of the molecule is COc1cc(-c2c[nH]n(-c3ncccc3C(=O)O)c2=O)ccn1. The van der Waals surface area contributed by atoms with Crippen LogP contribution < -0.4 is 10.3 Å². The zero-order chi connectivity index (χ0) is 16.4. The summed E-state index contributed by atoms with van der Waals surface area (Å²) in [6.07, 6.45) is 4.43. The molecule has 0 amide bonds. The number of carboxylic acids is 1. The first-order chi connectivity index (χ1) is 11.1. The highest BCUT2D eigenvalue weighted by Crippen LogP contribution is 2.19. The largest absolute Gasteiger partial charge is 0.481 e. The fraction of sp³-hybridized carbons (Fsp3) is 0.0667. The number of aromatic carboxylic acids is 1. The second kappa shape index (κ2) is 5.76. The molecule has 0 unspecified atom stereocenters. The minimum atomic E-state index is -1.17. The van der Waals surface area contributed by atoms with E-state index < -0.39 is 11.5 Å². The van der Waals surface area contributed by atoms with Gasteiger partial charge in [-0.05, 0) is 23.8 Å². The third kappa shape index (κ3) is 2.57. The van der Waals surface area contributed by atoms with E-state index >= 15 is 0 Å². The summed E-state index contributed by atoms with van der Waals surface area (Å²) < 4.78 is 6.13. The molecule has 2 N–H and O–H groups in total. The number of aromatic amines is 1. The summed E-state index contributed by atoms with van der Waals surface area (Å²) in [5.41, 5.74) is 0.465. The summed E-state index contributed by atoms with van der Waals surface area (Å²) in [6, 6.07) is 6.15. The molecule has 0 aromatic carbocycles. The quantitative estimate of drug-likeness (QED) is 0.752. The highest BCUT2D eigenvalue weighted by atomic mass is 16.5. The number of rotatable bonds is 4. The maximum absolute atomic E-state index is 12.6. The number of pyridine rings is 2. The van der Waals surface area contributed by atoms with Gasteiger partial charge >= 0.3 is 5.97 Å². The van der Waals surface area contributed by atoms with Gasteiger partial charge < -0.3 is 9.84 Å². The first-order valence-corrected chi connectivity index (χ1v) is 6.61. The number of carbonyl (C=O) groups is 1. The maximum Gasteiger partial charge on any atom is 0.339 e. The van der Waals surface area contributed by atoms with Crippen LogP contribution in [-0.4, -0.2) is 37.9 Å². The number of hydrogen-bond acceptors (Lipinski definition) is 5. The lowest BCUT2D eigenvalue weighted by molar-refractivity contribution is 0.0696. The molecule has 116 valence electrons. The molecule has 8 heteroatoms. The van der Waals surface area contributed by atoms with Crippen molar-refractivity contribution in [2.24, 2.45) is 0 Å². The lowest BCUT2D eigenvalue weighted by Crippen LogP contribution is -2.20. The predicted molar refractivity (Wildman–Crippen MR) is 80.9 cm³/mol. The highest BCUT2D eigenvalue weighted by molar-refractivity contribution is 5.91. The van der Waals surface area contributed by atoms with Gasteiger partial charge in [0.05, 0.1) is 12.7 Å². The van der Waals surface area contributed by atoms with E-state index in [1.54, 1.807) is 12.1 Å². The van der Waals surface area contributed by atoms with Crippen LogP contribution in [0, 0.1) is 0 Å². The van der Waals surface area contributed by atoms with E-state index in [1.807, 2.05) is 0 Å². The van der Waals surface area contributed by atoms with Gasteiger partial charge in [0.1, 0.15) is 5.56 Å². The molecule has 0 fully saturated rings. The molecule has 3 aromatic heterocycles. The van der Waals surface area contributed by atoms with Gasteiger partial charge in [-0.15, -0.1) is 0 Å². The number of nitrogens with one attached hydrogen (secondary N) is 1. The van der Waals surface area contributed by atoms with Crippen LogP contribution in [0.5, 0.6) is 5.88 Å². The Labute approximate surface area is 130 Å². The molecule has 0 aliphatic carbocycles. The van der Waals surface area contributed by atoms with Crippen LogP contribution in [0.1, 0.15) is 10.4 Å². The second-order valence-corrected chi connectivity index (χ2v) is 4.59. The molecule has 3 aromatic rings. The molecule has 0 atom stereocenters. The molecule has 0 saturated heterocycles. The van der Waals surface area contributed by atoms with Gasteiger partial charge in [-0.2, -0.15) is 0 Å². The molecule has 23 heavy (non-hydrogen) atoms. The Bertz CT molecular complexity index is 929. The summed E-state index contributed by atoms with van der Waals surface area (Å²) >= 11 is 0. The van der Waals surface area contributed by atoms with Crippen LogP contribution in [0.15, 0.2) is 47.7 Å². The lowest BCUT2D eigenvalue weighted by atomic mass is 10.1. The van der Waals surface area contributed by atoms with Gasteiger partial charge in [0.15, 0.2) is 5.82 Å². The fourth-order valence-corrected chi connectivity index (χ4v) is 2.16. The van der Waals surface area contributed by atoms with Crippen molar-refractivity contribution in [1.82, 2.24) is 19.7 Å². The van der Waals surface area contributed by atoms with Crippen molar-refractivity contribution >= 4 is 5.97 Å². The standard InChI is InChI=1S/C15H12N4O4/c1-23-12-7-9(4-6-16-12)11-8-18-19(14(11)20)13-10(15(21)22)3-2-5-17-13/h2-8,18H,1H3,(H,21,22). The van der Waals surface area contributed by atoms with Crippen molar-refractivity contribution in [3.63, 3.8) is 0 Å². The molecule has 0 radical (unpaired) electrons. The number of nitrogens with zero attached hydrogens (tertiary/aromatic N) is 3. The minimum absolute atomic E-state index is 0.0253. The van der Waals surface area contributed by atoms with E-state index in [-0.39, 0.29) is 11.4 Å². The number of aromatic nitrogens is 4. The van der Waals surface area contributed by atoms with Crippen LogP contribution >= 0.6 is 0 Å². The van der Waals surface area contributed by atoms with Gasteiger partial charge in [-0.25, -0.2) is 19.4 Å². The van der Waals surface area contributed by atoms with Crippen LogP contribution in [-0.2, 0) is 0 Å². The Morgan fingerprint density at radius 1 is 1.30 bits per heavy atom. The van der Waals surface area contributed by atoms with Crippen LogP contribution in [0.3, 0.4) is 0 Å². The number of ether oxygens (including phenoxy) is 1. The van der Waals surface area contributed by atoms with Crippen molar-refractivity contribution in [3.05, 3.63) is 58.8 Å². The Morgan fingerprint density at radius 2 is 2.13 bits per heavy atom. The molecule has 0 aliphatic heterocycles. The van der Waals surface area contributed by atoms with E-state index in [2.05, 4.69) is 15.1 Å². The van der Waals surface area contributed by atoms with Gasteiger partial charge in [0.25, 0.3) is 5.56 Å². The Hall–Kier alpha value is -3.42. The van der Waals surface area contributed by atoms with E-state index in [9.17, 15) is 14.7 Å². The van der Waals surface area contributed by atoms with Crippen LogP contribution in [0.25, 0.3) is 16.9 Å². The summed E-state index contributed by atoms with van der Waals surface area (Å²) in [7, 11) is 1.48. The second-order valence-electron chi connectivity index (χ2n) is 4.59. The molecule has 3 heterocycles. The first-order valence-electron chi connectivity index (χ1n) is 6.61. The lowest BCUT2D eigenvalue weighted by Gasteiger charge is -2.04. The summed E-state index contributed by atoms with van der Waals surface area (Å²) in [6.45, 7) is 0. The average Bonchev–Trinajstić information content (AvgIpc) is 2.96. The van der Waals surface area contributed by atoms with Crippen molar-refractivity contribution < 1.29 is 14.6 Å². The van der Waals surface area contributed by atoms with E-state index in [0.29, 0.717) is 17.0 Å². The Kier molecular flexibility index (Phi) is 3.63. The monoisotopic (exact) mass is 312 g/mol. The van der Waals surface area contributed by atoms with Gasteiger partial charge in [0.2, 0.25) is 5.88 Å². The Morgan fingerprint density at radius 3 is 2.87 bits per heavy atom. The minimum Gasteiger partial charge on any atom is -0.481 e. The van der Waals surface area contributed by atoms with E-state index in [0.717, 1.165) is 4.68 Å². The van der Waals surface area contributed by atoms with Crippen molar-refractivity contribution in [2.45, 2.75) is 0 Å². The maximum atomic E-state index is 12.6. The zero-order valence-corrected chi connectivity index (χ0v) is 12.1. The molecule has 0 saturated carbocycles. The molecule has 3 rings (SSSR count). The fourth-order valence-electron chi connectivity index (χ4n) is 2.16. The first kappa shape index (κ1) is 14.5. The number of carboxylic acid groups (broad SMARTS) is 1. The van der Waals surface area contributed by atoms with Crippen molar-refractivity contribution in [3.8, 4) is 22.8 Å². The molecule has 0 aliphatic rings. The number of methoxy groups -OCH3 is 1. The highest BCUT2D eigenvalue weighted by Gasteiger charge is 2.17. The third-order valence-electron chi connectivity index (χ3n) is 3.26. The van der Waals surface area contributed by atoms with Gasteiger partial charge in [0, 0.05) is 24.7 Å². The van der Waals surface area contributed by atoms with Crippen LogP contribution in [0.4, 0.5) is 0 Å². The smallest absolute Gasteiger partial charge is 0.339 e. The van der Waals surface area contributed by atoms with E-state index in [4.69, 9.17) is 4.74 Å². The molecule has 8 nitrogen and oxygen atoms in total. The summed E-state index contributed by atoms with van der Waals surface area (Å²) in [4.78, 5) is 31.8. The van der Waals surface area contributed by atoms with Gasteiger partial charge in [-0.1, -0.05) is 0 Å². The normalized spacial score (nSPS) is 10.5. The van der Waals surface area contributed by atoms with Crippen molar-refractivity contribution in [2.75, 3.05) is 7.11 Å². The average molecular weight is 312 g/mol. The van der Waals surface area contributed by atoms with E-state index in [1.165, 1.54) is 37.8 Å². The Balaban J connectivity index is 2.14. The van der Waals surface area contributed by atoms with Crippen molar-refractivity contribution in [1.29, 1.82) is 0 Å². The molecule has 0 bridgehead atoms.